The molecule has 1 atom stereocenters. The number of aliphatic carboxylic acids is 1. The number of ether oxygens (including phenoxy) is 1. The summed E-state index contributed by atoms with van der Waals surface area (Å²) in [5.41, 5.74) is 5.15. The minimum Gasteiger partial charge on any atom is -0.480 e. The van der Waals surface area contributed by atoms with Crippen LogP contribution >= 0.6 is 0 Å². The number of nitrogens with two attached hydrogens (primary N) is 1. The Morgan fingerprint density at radius 1 is 1.92 bits per heavy atom. The van der Waals surface area contributed by atoms with Crippen LogP contribution in [0, 0.1) is 0 Å². The molecule has 0 aromatic carbocycles. The summed E-state index contributed by atoms with van der Waals surface area (Å²) < 4.78 is 9.38. The highest BCUT2D eigenvalue weighted by Gasteiger charge is 2.12. The van der Waals surface area contributed by atoms with Crippen molar-refractivity contribution in [2.75, 3.05) is 6.61 Å². The topological polar surface area (TPSA) is 98.6 Å². The third-order valence-electron chi connectivity index (χ3n) is 1.14. The van der Waals surface area contributed by atoms with Gasteiger partial charge in [-0.25, -0.2) is 0 Å². The number of aromatic nitrogens is 1. The summed E-state index contributed by atoms with van der Waals surface area (Å²) in [5.74, 6) is -0.957. The second-order valence-electron chi connectivity index (χ2n) is 2.09. The number of rotatable bonds is 4. The standard InChI is InChI=1S/C6H8N2O4/c7-4(6(9)10)3-11-5-1-2-8-12-5/h1-2,4H,3,7H2,(H,9,10)/t4-/m0/s1. The molecule has 0 saturated heterocycles. The van der Waals surface area contributed by atoms with Gasteiger partial charge in [-0.2, -0.15) is 0 Å². The summed E-state index contributed by atoms with van der Waals surface area (Å²) in [6.07, 6.45) is 1.39. The van der Waals surface area contributed by atoms with E-state index in [9.17, 15) is 4.79 Å². The van der Waals surface area contributed by atoms with Crippen LogP contribution in [-0.2, 0) is 4.79 Å². The predicted octanol–water partition coefficient (Wildman–Crippen LogP) is -0.535. The molecule has 1 aromatic rings. The predicted molar refractivity (Wildman–Crippen MR) is 37.6 cm³/mol. The fourth-order valence-electron chi connectivity index (χ4n) is 0.522. The van der Waals surface area contributed by atoms with Gasteiger partial charge in [-0.15, -0.1) is 0 Å². The van der Waals surface area contributed by atoms with Gasteiger partial charge < -0.3 is 20.1 Å². The van der Waals surface area contributed by atoms with Crippen LogP contribution in [0.4, 0.5) is 0 Å². The number of carbonyl (C=O) groups is 1. The average Bonchev–Trinajstić information content (AvgIpc) is 2.51. The lowest BCUT2D eigenvalue weighted by Crippen LogP contribution is -2.36. The van der Waals surface area contributed by atoms with Crippen LogP contribution in [0.3, 0.4) is 0 Å². The molecule has 0 aliphatic heterocycles. The lowest BCUT2D eigenvalue weighted by atomic mass is 10.3. The summed E-state index contributed by atoms with van der Waals surface area (Å²) in [7, 11) is 0. The monoisotopic (exact) mass is 172 g/mol. The maximum Gasteiger partial charge on any atom is 0.324 e. The molecule has 6 nitrogen and oxygen atoms in total. The van der Waals surface area contributed by atoms with Gasteiger partial charge in [0.25, 0.3) is 0 Å². The van der Waals surface area contributed by atoms with Crippen molar-refractivity contribution in [1.82, 2.24) is 5.16 Å². The normalized spacial score (nSPS) is 12.4. The maximum atomic E-state index is 10.2. The van der Waals surface area contributed by atoms with Gasteiger partial charge >= 0.3 is 11.9 Å². The molecule has 1 heterocycles. The van der Waals surface area contributed by atoms with Crippen LogP contribution in [0.25, 0.3) is 0 Å². The lowest BCUT2D eigenvalue weighted by molar-refractivity contribution is -0.139. The minimum absolute atomic E-state index is 0.134. The third kappa shape index (κ3) is 2.24. The van der Waals surface area contributed by atoms with Crippen molar-refractivity contribution in [2.45, 2.75) is 6.04 Å². The lowest BCUT2D eigenvalue weighted by Gasteiger charge is -2.04. The van der Waals surface area contributed by atoms with Gasteiger partial charge in [-0.1, -0.05) is 5.16 Å². The maximum absolute atomic E-state index is 10.2. The molecule has 66 valence electrons. The fourth-order valence-corrected chi connectivity index (χ4v) is 0.522. The molecule has 0 aliphatic carbocycles. The van der Waals surface area contributed by atoms with Crippen LogP contribution in [-0.4, -0.2) is 28.9 Å². The first kappa shape index (κ1) is 8.54. The van der Waals surface area contributed by atoms with E-state index < -0.39 is 12.0 Å². The first-order valence-corrected chi connectivity index (χ1v) is 3.22. The number of carboxylic acids is 1. The summed E-state index contributed by atoms with van der Waals surface area (Å²) >= 11 is 0. The molecule has 0 unspecified atom stereocenters. The number of hydrogen-bond acceptors (Lipinski definition) is 5. The molecular formula is C6H8N2O4. The van der Waals surface area contributed by atoms with E-state index in [0.29, 0.717) is 0 Å². The smallest absolute Gasteiger partial charge is 0.324 e. The van der Waals surface area contributed by atoms with Crippen molar-refractivity contribution in [1.29, 1.82) is 0 Å². The summed E-state index contributed by atoms with van der Waals surface area (Å²) in [6, 6.07) is 0.421. The molecule has 0 aliphatic rings. The second-order valence-corrected chi connectivity index (χ2v) is 2.09. The number of carboxylic acid groups (broad SMARTS) is 1. The zero-order valence-corrected chi connectivity index (χ0v) is 6.14. The Balaban J connectivity index is 2.31. The third-order valence-corrected chi connectivity index (χ3v) is 1.14. The van der Waals surface area contributed by atoms with E-state index in [-0.39, 0.29) is 12.6 Å². The highest BCUT2D eigenvalue weighted by atomic mass is 16.6. The molecule has 1 aromatic heterocycles. The van der Waals surface area contributed by atoms with Gasteiger partial charge in [0.05, 0.1) is 6.20 Å². The molecule has 1 rings (SSSR count). The Kier molecular flexibility index (Phi) is 2.65. The fraction of sp³-hybridized carbons (Fsp3) is 0.333. The van der Waals surface area contributed by atoms with Crippen LogP contribution < -0.4 is 10.5 Å². The summed E-state index contributed by atoms with van der Waals surface area (Å²) in [5, 5.41) is 11.7. The van der Waals surface area contributed by atoms with Crippen molar-refractivity contribution in [2.24, 2.45) is 5.73 Å². The minimum atomic E-state index is -1.12. The van der Waals surface area contributed by atoms with Gasteiger partial charge in [0.2, 0.25) is 0 Å². The van der Waals surface area contributed by atoms with Gasteiger partial charge in [0, 0.05) is 6.07 Å². The van der Waals surface area contributed by atoms with Gasteiger partial charge in [0.15, 0.2) is 0 Å². The average molecular weight is 172 g/mol. The first-order valence-electron chi connectivity index (χ1n) is 3.22. The van der Waals surface area contributed by atoms with E-state index in [0.717, 1.165) is 0 Å². The molecule has 0 bridgehead atoms. The van der Waals surface area contributed by atoms with Crippen molar-refractivity contribution in [3.8, 4) is 5.95 Å². The van der Waals surface area contributed by atoms with Crippen LogP contribution in [0.2, 0.25) is 0 Å². The van der Waals surface area contributed by atoms with Gasteiger partial charge in [-0.3, -0.25) is 4.79 Å². The molecule has 0 fully saturated rings. The Morgan fingerprint density at radius 2 is 2.67 bits per heavy atom. The molecular weight excluding hydrogens is 164 g/mol. The van der Waals surface area contributed by atoms with Crippen molar-refractivity contribution in [3.05, 3.63) is 12.3 Å². The van der Waals surface area contributed by atoms with E-state index in [2.05, 4.69) is 9.68 Å². The molecule has 12 heavy (non-hydrogen) atoms. The van der Waals surface area contributed by atoms with E-state index in [1.807, 2.05) is 0 Å². The second kappa shape index (κ2) is 3.72. The van der Waals surface area contributed by atoms with Gasteiger partial charge in [-0.05, 0) is 0 Å². The molecule has 6 heteroatoms. The molecule has 0 saturated carbocycles. The van der Waals surface area contributed by atoms with E-state index in [4.69, 9.17) is 15.6 Å². The summed E-state index contributed by atoms with van der Waals surface area (Å²) in [4.78, 5) is 10.2. The molecule has 0 spiro atoms. The van der Waals surface area contributed by atoms with Crippen LogP contribution in [0.15, 0.2) is 16.8 Å². The van der Waals surface area contributed by atoms with Crippen molar-refractivity contribution in [3.63, 3.8) is 0 Å². The largest absolute Gasteiger partial charge is 0.480 e. The Labute approximate surface area is 67.9 Å². The van der Waals surface area contributed by atoms with Crippen LogP contribution in [0.1, 0.15) is 0 Å². The number of hydrogen-bond donors (Lipinski definition) is 2. The molecule has 0 amide bonds. The van der Waals surface area contributed by atoms with Gasteiger partial charge in [0.1, 0.15) is 12.6 Å². The Hall–Kier alpha value is -1.56. The first-order chi connectivity index (χ1) is 5.70. The zero-order valence-electron chi connectivity index (χ0n) is 6.14. The van der Waals surface area contributed by atoms with E-state index in [1.165, 1.54) is 12.3 Å². The highest BCUT2D eigenvalue weighted by molar-refractivity contribution is 5.73. The van der Waals surface area contributed by atoms with Crippen molar-refractivity contribution < 1.29 is 19.2 Å². The number of nitrogens with zero attached hydrogens (tertiary/aromatic N) is 1. The Morgan fingerprint density at radius 3 is 3.17 bits per heavy atom. The quantitative estimate of drug-likeness (QED) is 0.633. The molecule has 0 radical (unpaired) electrons. The summed E-state index contributed by atoms with van der Waals surface area (Å²) in [6.45, 7) is -0.134. The van der Waals surface area contributed by atoms with E-state index in [1.54, 1.807) is 0 Å². The van der Waals surface area contributed by atoms with E-state index >= 15 is 0 Å². The molecule has 3 N–H and O–H groups in total. The SMILES string of the molecule is N[C@@H](COc1ccno1)C(=O)O. The highest BCUT2D eigenvalue weighted by Crippen LogP contribution is 2.06. The van der Waals surface area contributed by atoms with Crippen molar-refractivity contribution >= 4 is 5.97 Å². The zero-order chi connectivity index (χ0) is 8.97. The van der Waals surface area contributed by atoms with Crippen LogP contribution in [0.5, 0.6) is 5.95 Å². The Bertz CT molecular complexity index is 246.